The first-order valence-corrected chi connectivity index (χ1v) is 8.64. The number of amides is 1. The van der Waals surface area contributed by atoms with E-state index in [0.29, 0.717) is 19.5 Å². The maximum Gasteiger partial charge on any atom is 0.410 e. The van der Waals surface area contributed by atoms with Gasteiger partial charge in [0.1, 0.15) is 12.2 Å². The minimum Gasteiger partial charge on any atom is -0.454 e. The van der Waals surface area contributed by atoms with Crippen LogP contribution in [0.15, 0.2) is 60.7 Å². The van der Waals surface area contributed by atoms with Crippen LogP contribution in [0.3, 0.4) is 0 Å². The van der Waals surface area contributed by atoms with E-state index in [-0.39, 0.29) is 18.7 Å². The van der Waals surface area contributed by atoms with E-state index in [2.05, 4.69) is 0 Å². The molecule has 1 amide bonds. The number of hydrogen-bond donors (Lipinski definition) is 0. The highest BCUT2D eigenvalue weighted by atomic mass is 16.6. The van der Waals surface area contributed by atoms with Crippen molar-refractivity contribution in [2.75, 3.05) is 13.1 Å². The third-order valence-corrected chi connectivity index (χ3v) is 4.45. The first kappa shape index (κ1) is 18.0. The molecule has 0 spiro atoms. The maximum atomic E-state index is 12.3. The molecule has 1 aliphatic rings. The number of hydrogen-bond acceptors (Lipinski definition) is 4. The quantitative estimate of drug-likeness (QED) is 0.788. The van der Waals surface area contributed by atoms with Gasteiger partial charge < -0.3 is 14.4 Å². The molecule has 1 radical (unpaired) electrons. The fourth-order valence-electron chi connectivity index (χ4n) is 3.12. The second-order valence-electron chi connectivity index (χ2n) is 6.29. The number of nitrogens with zero attached hydrogens (tertiary/aromatic N) is 1. The third kappa shape index (κ3) is 4.23. The van der Waals surface area contributed by atoms with Crippen LogP contribution >= 0.6 is 0 Å². The molecule has 135 valence electrons. The molecule has 5 nitrogen and oxygen atoms in total. The summed E-state index contributed by atoms with van der Waals surface area (Å²) in [5, 5.41) is 0. The van der Waals surface area contributed by atoms with E-state index in [1.54, 1.807) is 4.90 Å². The summed E-state index contributed by atoms with van der Waals surface area (Å²) in [5.41, 5.74) is 1.05. The average molecular weight is 352 g/mol. The molecule has 1 unspecified atom stereocenters. The molecule has 1 heterocycles. The lowest BCUT2D eigenvalue weighted by Gasteiger charge is -2.40. The van der Waals surface area contributed by atoms with Crippen LogP contribution in [0.4, 0.5) is 4.79 Å². The van der Waals surface area contributed by atoms with Gasteiger partial charge in [-0.25, -0.2) is 4.79 Å². The Morgan fingerprint density at radius 2 is 1.69 bits per heavy atom. The smallest absolute Gasteiger partial charge is 0.410 e. The first-order chi connectivity index (χ1) is 12.6. The molecule has 0 saturated carbocycles. The Bertz CT molecular complexity index is 737. The molecule has 3 rings (SSSR count). The molecule has 1 fully saturated rings. The molecule has 2 aromatic rings. The van der Waals surface area contributed by atoms with E-state index < -0.39 is 5.60 Å². The monoisotopic (exact) mass is 352 g/mol. The van der Waals surface area contributed by atoms with Crippen molar-refractivity contribution in [3.8, 4) is 0 Å². The van der Waals surface area contributed by atoms with Crippen molar-refractivity contribution in [3.63, 3.8) is 0 Å². The summed E-state index contributed by atoms with van der Waals surface area (Å²) in [5.74, 6) is -0.342. The van der Waals surface area contributed by atoms with Crippen LogP contribution in [0.1, 0.15) is 24.5 Å². The Morgan fingerprint density at radius 3 is 2.27 bits per heavy atom. The molecule has 1 aliphatic heterocycles. The number of carbonyl (C=O) groups is 2. The molecule has 0 aromatic heterocycles. The Kier molecular flexibility index (Phi) is 5.56. The zero-order valence-electron chi connectivity index (χ0n) is 14.8. The number of rotatable bonds is 4. The van der Waals surface area contributed by atoms with E-state index in [0.717, 1.165) is 11.1 Å². The van der Waals surface area contributed by atoms with Crippen LogP contribution in [-0.4, -0.2) is 30.1 Å². The molecule has 1 saturated heterocycles. The van der Waals surface area contributed by atoms with Crippen LogP contribution in [0.5, 0.6) is 0 Å². The summed E-state index contributed by atoms with van der Waals surface area (Å²) in [6.45, 7) is 2.45. The second kappa shape index (κ2) is 8.04. The lowest BCUT2D eigenvalue weighted by Crippen LogP contribution is -2.47. The topological polar surface area (TPSA) is 55.8 Å². The van der Waals surface area contributed by atoms with Crippen molar-refractivity contribution in [1.82, 2.24) is 4.90 Å². The SMILES string of the molecule is CC(=O)OC1(c2ccccc2)[CH]CN(C(=O)OCc2ccccc2)CC1. The van der Waals surface area contributed by atoms with Crippen molar-refractivity contribution in [2.45, 2.75) is 25.6 Å². The highest BCUT2D eigenvalue weighted by molar-refractivity contribution is 5.69. The van der Waals surface area contributed by atoms with Crippen LogP contribution < -0.4 is 0 Å². The Balaban J connectivity index is 1.62. The van der Waals surface area contributed by atoms with Crippen LogP contribution in [0, 0.1) is 6.42 Å². The zero-order valence-corrected chi connectivity index (χ0v) is 14.8. The zero-order chi connectivity index (χ0) is 18.4. The number of esters is 1. The summed E-state index contributed by atoms with van der Waals surface area (Å²) in [6.07, 6.45) is 2.00. The molecule has 0 aliphatic carbocycles. The third-order valence-electron chi connectivity index (χ3n) is 4.45. The second-order valence-corrected chi connectivity index (χ2v) is 6.29. The number of carbonyl (C=O) groups excluding carboxylic acids is 2. The minimum absolute atomic E-state index is 0.240. The van der Waals surface area contributed by atoms with Gasteiger partial charge in [-0.1, -0.05) is 60.7 Å². The van der Waals surface area contributed by atoms with E-state index in [4.69, 9.17) is 9.47 Å². The van der Waals surface area contributed by atoms with E-state index >= 15 is 0 Å². The highest BCUT2D eigenvalue weighted by Crippen LogP contribution is 2.36. The van der Waals surface area contributed by atoms with Crippen molar-refractivity contribution in [3.05, 3.63) is 78.2 Å². The fourth-order valence-corrected chi connectivity index (χ4v) is 3.12. The Labute approximate surface area is 153 Å². The van der Waals surface area contributed by atoms with Gasteiger partial charge in [0.05, 0.1) is 0 Å². The number of piperidine rings is 1. The van der Waals surface area contributed by atoms with Gasteiger partial charge in [-0.2, -0.15) is 0 Å². The largest absolute Gasteiger partial charge is 0.454 e. The van der Waals surface area contributed by atoms with Crippen LogP contribution in [0.25, 0.3) is 0 Å². The molecule has 0 bridgehead atoms. The van der Waals surface area contributed by atoms with Crippen LogP contribution in [-0.2, 0) is 26.5 Å². The lowest BCUT2D eigenvalue weighted by molar-refractivity contribution is -0.157. The molecule has 1 atom stereocenters. The Morgan fingerprint density at radius 1 is 1.04 bits per heavy atom. The normalized spacial score (nSPS) is 16.0. The Hall–Kier alpha value is -2.82. The predicted octanol–water partition coefficient (Wildman–Crippen LogP) is 3.69. The average Bonchev–Trinajstić information content (AvgIpc) is 2.68. The molecular formula is C21H22NO4. The van der Waals surface area contributed by atoms with Gasteiger partial charge in [0.15, 0.2) is 0 Å². The number of likely N-dealkylation sites (tertiary alicyclic amines) is 1. The van der Waals surface area contributed by atoms with Gasteiger partial charge in [0.2, 0.25) is 0 Å². The summed E-state index contributed by atoms with van der Waals surface area (Å²) < 4.78 is 11.0. The van der Waals surface area contributed by atoms with Gasteiger partial charge in [-0.05, 0) is 11.1 Å². The summed E-state index contributed by atoms with van der Waals surface area (Å²) >= 11 is 0. The van der Waals surface area contributed by atoms with E-state index in [1.807, 2.05) is 67.1 Å². The van der Waals surface area contributed by atoms with Crippen molar-refractivity contribution in [2.24, 2.45) is 0 Å². The van der Waals surface area contributed by atoms with Gasteiger partial charge in [0.25, 0.3) is 0 Å². The van der Waals surface area contributed by atoms with Crippen LogP contribution in [0.2, 0.25) is 0 Å². The summed E-state index contributed by atoms with van der Waals surface area (Å²) in [6, 6.07) is 19.2. The summed E-state index contributed by atoms with van der Waals surface area (Å²) in [4.78, 5) is 25.6. The van der Waals surface area contributed by atoms with Gasteiger partial charge in [-0.3, -0.25) is 4.79 Å². The molecule has 5 heteroatoms. The van der Waals surface area contributed by atoms with Crippen molar-refractivity contribution >= 4 is 12.1 Å². The molecule has 0 N–H and O–H groups in total. The van der Waals surface area contributed by atoms with E-state index in [1.165, 1.54) is 6.92 Å². The summed E-state index contributed by atoms with van der Waals surface area (Å²) in [7, 11) is 0. The van der Waals surface area contributed by atoms with Crippen molar-refractivity contribution in [1.29, 1.82) is 0 Å². The number of benzene rings is 2. The lowest BCUT2D eigenvalue weighted by atomic mass is 9.84. The van der Waals surface area contributed by atoms with Gasteiger partial charge >= 0.3 is 12.1 Å². The van der Waals surface area contributed by atoms with Gasteiger partial charge in [0, 0.05) is 32.9 Å². The van der Waals surface area contributed by atoms with Gasteiger partial charge in [-0.15, -0.1) is 0 Å². The number of ether oxygens (including phenoxy) is 2. The minimum atomic E-state index is -0.802. The standard InChI is InChI=1S/C21H22NO4/c1-17(23)26-21(19-10-6-3-7-11-19)12-14-22(15-13-21)20(24)25-16-18-8-4-2-5-9-18/h2-12H,13-16H2,1H3. The molecule has 2 aromatic carbocycles. The van der Waals surface area contributed by atoms with Crippen molar-refractivity contribution < 1.29 is 19.1 Å². The predicted molar refractivity (Wildman–Crippen MR) is 97.0 cm³/mol. The first-order valence-electron chi connectivity index (χ1n) is 8.64. The fraction of sp³-hybridized carbons (Fsp3) is 0.286. The maximum absolute atomic E-state index is 12.3. The highest BCUT2D eigenvalue weighted by Gasteiger charge is 2.41. The molecule has 26 heavy (non-hydrogen) atoms. The van der Waals surface area contributed by atoms with E-state index in [9.17, 15) is 9.59 Å². The molecular weight excluding hydrogens is 330 g/mol.